The van der Waals surface area contributed by atoms with Crippen molar-refractivity contribution in [2.24, 2.45) is 5.84 Å². The first-order valence-electron chi connectivity index (χ1n) is 7.31. The summed E-state index contributed by atoms with van der Waals surface area (Å²) < 4.78 is 2.01. The van der Waals surface area contributed by atoms with Gasteiger partial charge < -0.3 is 0 Å². The number of hydrazine groups is 1. The van der Waals surface area contributed by atoms with Gasteiger partial charge in [-0.15, -0.1) is 0 Å². The molecule has 2 unspecified atom stereocenters. The highest BCUT2D eigenvalue weighted by molar-refractivity contribution is 6.30. The van der Waals surface area contributed by atoms with E-state index in [-0.39, 0.29) is 6.04 Å². The Kier molecular flexibility index (Phi) is 5.39. The van der Waals surface area contributed by atoms with E-state index >= 15 is 0 Å². The maximum atomic E-state index is 6.10. The van der Waals surface area contributed by atoms with E-state index in [1.165, 1.54) is 5.56 Å². The van der Waals surface area contributed by atoms with Gasteiger partial charge in [-0.2, -0.15) is 5.10 Å². The van der Waals surface area contributed by atoms with Gasteiger partial charge in [0.15, 0.2) is 0 Å². The molecule has 0 fully saturated rings. The van der Waals surface area contributed by atoms with Crippen molar-refractivity contribution in [1.82, 2.24) is 15.2 Å². The Bertz CT molecular complexity index is 594. The molecule has 0 radical (unpaired) electrons. The van der Waals surface area contributed by atoms with Crippen LogP contribution in [0.4, 0.5) is 0 Å². The number of nitrogens with zero attached hydrogens (tertiary/aromatic N) is 2. The Hall–Kier alpha value is -1.36. The van der Waals surface area contributed by atoms with Gasteiger partial charge in [0.1, 0.15) is 0 Å². The van der Waals surface area contributed by atoms with Crippen molar-refractivity contribution < 1.29 is 0 Å². The standard InChI is InChI=1S/C16H23ClN4/c1-4-12(3)21-8-7-14(20-21)10-16(19-18)15-9-13(17)6-5-11(15)2/h5-9,12,16,19H,4,10,18H2,1-3H3. The van der Waals surface area contributed by atoms with Crippen LogP contribution in [0.25, 0.3) is 0 Å². The number of nitrogens with two attached hydrogens (primary N) is 1. The van der Waals surface area contributed by atoms with Gasteiger partial charge in [-0.1, -0.05) is 24.6 Å². The highest BCUT2D eigenvalue weighted by Crippen LogP contribution is 2.24. The molecular weight excluding hydrogens is 284 g/mol. The summed E-state index contributed by atoms with van der Waals surface area (Å²) in [6, 6.07) is 8.34. The molecule has 21 heavy (non-hydrogen) atoms. The first kappa shape index (κ1) is 16.0. The van der Waals surface area contributed by atoms with Crippen LogP contribution in [0, 0.1) is 6.92 Å². The average Bonchev–Trinajstić information content (AvgIpc) is 2.95. The first-order valence-corrected chi connectivity index (χ1v) is 7.69. The smallest absolute Gasteiger partial charge is 0.0644 e. The van der Waals surface area contributed by atoms with Gasteiger partial charge in [0.05, 0.1) is 11.7 Å². The molecule has 5 heteroatoms. The zero-order chi connectivity index (χ0) is 15.4. The van der Waals surface area contributed by atoms with Crippen molar-refractivity contribution in [2.45, 2.75) is 45.7 Å². The lowest BCUT2D eigenvalue weighted by Crippen LogP contribution is -2.30. The van der Waals surface area contributed by atoms with Gasteiger partial charge in [0.25, 0.3) is 0 Å². The van der Waals surface area contributed by atoms with E-state index in [2.05, 4.69) is 37.4 Å². The van der Waals surface area contributed by atoms with Gasteiger partial charge in [-0.3, -0.25) is 16.0 Å². The van der Waals surface area contributed by atoms with Crippen LogP contribution in [-0.2, 0) is 6.42 Å². The molecule has 0 aliphatic carbocycles. The molecule has 0 saturated carbocycles. The number of hydrogen-bond acceptors (Lipinski definition) is 3. The van der Waals surface area contributed by atoms with Crippen LogP contribution >= 0.6 is 11.6 Å². The molecule has 0 amide bonds. The summed E-state index contributed by atoms with van der Waals surface area (Å²) >= 11 is 6.10. The van der Waals surface area contributed by atoms with E-state index in [4.69, 9.17) is 17.4 Å². The lowest BCUT2D eigenvalue weighted by atomic mass is 9.98. The highest BCUT2D eigenvalue weighted by atomic mass is 35.5. The normalized spacial score (nSPS) is 14.1. The highest BCUT2D eigenvalue weighted by Gasteiger charge is 2.15. The third-order valence-corrected chi connectivity index (χ3v) is 4.17. The molecule has 3 N–H and O–H groups in total. The summed E-state index contributed by atoms with van der Waals surface area (Å²) in [5.74, 6) is 5.74. The van der Waals surface area contributed by atoms with E-state index in [9.17, 15) is 0 Å². The third-order valence-electron chi connectivity index (χ3n) is 3.94. The minimum atomic E-state index is 0.00369. The van der Waals surface area contributed by atoms with Crippen molar-refractivity contribution >= 4 is 11.6 Å². The van der Waals surface area contributed by atoms with Crippen molar-refractivity contribution in [3.8, 4) is 0 Å². The SMILES string of the molecule is CCC(C)n1ccc(CC(NN)c2cc(Cl)ccc2C)n1. The topological polar surface area (TPSA) is 55.9 Å². The average molecular weight is 307 g/mol. The van der Waals surface area contributed by atoms with E-state index in [0.29, 0.717) is 6.04 Å². The molecule has 4 nitrogen and oxygen atoms in total. The van der Waals surface area contributed by atoms with Crippen LogP contribution in [0.3, 0.4) is 0 Å². The number of rotatable bonds is 6. The predicted octanol–water partition coefficient (Wildman–Crippen LogP) is 3.56. The number of aromatic nitrogens is 2. The second-order valence-electron chi connectivity index (χ2n) is 5.47. The van der Waals surface area contributed by atoms with Gasteiger partial charge in [-0.25, -0.2) is 0 Å². The van der Waals surface area contributed by atoms with Gasteiger partial charge >= 0.3 is 0 Å². The van der Waals surface area contributed by atoms with Gasteiger partial charge in [-0.05, 0) is 49.6 Å². The summed E-state index contributed by atoms with van der Waals surface area (Å²) in [7, 11) is 0. The largest absolute Gasteiger partial charge is 0.271 e. The fourth-order valence-electron chi connectivity index (χ4n) is 2.37. The summed E-state index contributed by atoms with van der Waals surface area (Å²) in [5.41, 5.74) is 6.19. The zero-order valence-electron chi connectivity index (χ0n) is 12.8. The maximum Gasteiger partial charge on any atom is 0.0644 e. The summed E-state index contributed by atoms with van der Waals surface area (Å²) in [6.45, 7) is 6.38. The first-order chi connectivity index (χ1) is 10.0. The fraction of sp³-hybridized carbons (Fsp3) is 0.438. The molecule has 1 aromatic heterocycles. The minimum Gasteiger partial charge on any atom is -0.271 e. The number of hydrogen-bond donors (Lipinski definition) is 2. The second-order valence-corrected chi connectivity index (χ2v) is 5.91. The van der Waals surface area contributed by atoms with Crippen LogP contribution < -0.4 is 11.3 Å². The van der Waals surface area contributed by atoms with Crippen molar-refractivity contribution in [3.63, 3.8) is 0 Å². The molecule has 2 atom stereocenters. The minimum absolute atomic E-state index is 0.00369. The van der Waals surface area contributed by atoms with Crippen molar-refractivity contribution in [3.05, 3.63) is 52.3 Å². The van der Waals surface area contributed by atoms with Crippen LogP contribution in [-0.4, -0.2) is 9.78 Å². The Morgan fingerprint density at radius 2 is 2.14 bits per heavy atom. The van der Waals surface area contributed by atoms with Crippen LogP contribution in [0.1, 0.15) is 49.2 Å². The van der Waals surface area contributed by atoms with Gasteiger partial charge in [0.2, 0.25) is 0 Å². The quantitative estimate of drug-likeness (QED) is 0.634. The predicted molar refractivity (Wildman–Crippen MR) is 87.2 cm³/mol. The lowest BCUT2D eigenvalue weighted by molar-refractivity contribution is 0.467. The molecule has 1 heterocycles. The number of benzene rings is 1. The van der Waals surface area contributed by atoms with E-state index in [1.807, 2.05) is 29.1 Å². The second kappa shape index (κ2) is 7.07. The molecule has 0 aliphatic rings. The lowest BCUT2D eigenvalue weighted by Gasteiger charge is -2.18. The molecule has 0 aliphatic heterocycles. The Morgan fingerprint density at radius 1 is 1.38 bits per heavy atom. The fourth-order valence-corrected chi connectivity index (χ4v) is 2.55. The van der Waals surface area contributed by atoms with Gasteiger partial charge in [0, 0.05) is 23.7 Å². The third kappa shape index (κ3) is 3.84. The monoisotopic (exact) mass is 306 g/mol. The zero-order valence-corrected chi connectivity index (χ0v) is 13.6. The molecule has 2 rings (SSSR count). The summed E-state index contributed by atoms with van der Waals surface area (Å²) in [4.78, 5) is 0. The maximum absolute atomic E-state index is 6.10. The molecule has 0 bridgehead atoms. The summed E-state index contributed by atoms with van der Waals surface area (Å²) in [6.07, 6.45) is 3.83. The molecule has 2 aromatic rings. The molecule has 114 valence electrons. The Morgan fingerprint density at radius 3 is 2.81 bits per heavy atom. The van der Waals surface area contributed by atoms with E-state index in [1.54, 1.807) is 0 Å². The number of aryl methyl sites for hydroxylation is 1. The Labute approximate surface area is 131 Å². The Balaban J connectivity index is 2.19. The van der Waals surface area contributed by atoms with E-state index < -0.39 is 0 Å². The van der Waals surface area contributed by atoms with Crippen molar-refractivity contribution in [1.29, 1.82) is 0 Å². The van der Waals surface area contributed by atoms with Crippen LogP contribution in [0.5, 0.6) is 0 Å². The van der Waals surface area contributed by atoms with Crippen LogP contribution in [0.2, 0.25) is 5.02 Å². The molecule has 1 aromatic carbocycles. The molecule has 0 saturated heterocycles. The molecule has 0 spiro atoms. The summed E-state index contributed by atoms with van der Waals surface area (Å²) in [5, 5.41) is 5.36. The van der Waals surface area contributed by atoms with Crippen molar-refractivity contribution in [2.75, 3.05) is 0 Å². The number of nitrogens with one attached hydrogen (secondary N) is 1. The molecular formula is C16H23ClN4. The van der Waals surface area contributed by atoms with E-state index in [0.717, 1.165) is 29.1 Å². The van der Waals surface area contributed by atoms with Crippen LogP contribution in [0.15, 0.2) is 30.5 Å². The number of halogens is 1.